The van der Waals surface area contributed by atoms with E-state index in [-0.39, 0.29) is 0 Å². The maximum absolute atomic E-state index is 3.94. The molecule has 0 aliphatic rings. The number of unbranched alkanes of at least 4 members (excludes halogenated alkanes) is 3. The SMILES string of the molecule is CCCCc1ccc(-c2c3ccccc3c(Br)c3ccccc23)c(CCCC)c1CCCC. The molecule has 0 aliphatic heterocycles. The van der Waals surface area contributed by atoms with Crippen LogP contribution in [0.5, 0.6) is 0 Å². The third-order valence-corrected chi connectivity index (χ3v) is 7.88. The first kappa shape index (κ1) is 24.0. The van der Waals surface area contributed by atoms with Gasteiger partial charge in [0.1, 0.15) is 0 Å². The number of benzene rings is 4. The summed E-state index contributed by atoms with van der Waals surface area (Å²) in [6, 6.07) is 22.7. The summed E-state index contributed by atoms with van der Waals surface area (Å²) < 4.78 is 1.21. The highest BCUT2D eigenvalue weighted by atomic mass is 79.9. The topological polar surface area (TPSA) is 0 Å². The molecular weight excluding hydrogens is 464 g/mol. The van der Waals surface area contributed by atoms with Gasteiger partial charge in [-0.05, 0) is 104 Å². The highest BCUT2D eigenvalue weighted by molar-refractivity contribution is 9.10. The molecule has 0 aliphatic carbocycles. The second-order valence-corrected chi connectivity index (χ2v) is 10.1. The first-order chi connectivity index (χ1) is 16.2. The van der Waals surface area contributed by atoms with Gasteiger partial charge in [0.2, 0.25) is 0 Å². The summed E-state index contributed by atoms with van der Waals surface area (Å²) in [5.41, 5.74) is 7.71. The van der Waals surface area contributed by atoms with Gasteiger partial charge in [-0.2, -0.15) is 0 Å². The van der Waals surface area contributed by atoms with Gasteiger partial charge in [-0.3, -0.25) is 0 Å². The van der Waals surface area contributed by atoms with Gasteiger partial charge in [-0.25, -0.2) is 0 Å². The highest BCUT2D eigenvalue weighted by Gasteiger charge is 2.19. The minimum Gasteiger partial charge on any atom is -0.0654 e. The lowest BCUT2D eigenvalue weighted by Gasteiger charge is -2.22. The smallest absolute Gasteiger partial charge is 0.0332 e. The lowest BCUT2D eigenvalue weighted by molar-refractivity contribution is 0.736. The largest absolute Gasteiger partial charge is 0.0654 e. The van der Waals surface area contributed by atoms with Crippen LogP contribution < -0.4 is 0 Å². The fourth-order valence-electron chi connectivity index (χ4n) is 5.25. The molecule has 0 fully saturated rings. The summed E-state index contributed by atoms with van der Waals surface area (Å²) in [4.78, 5) is 0. The van der Waals surface area contributed by atoms with Crippen LogP contribution in [0.4, 0.5) is 0 Å². The average molecular weight is 502 g/mol. The van der Waals surface area contributed by atoms with Gasteiger partial charge in [-0.1, -0.05) is 101 Å². The number of hydrogen-bond acceptors (Lipinski definition) is 0. The Balaban J connectivity index is 2.06. The van der Waals surface area contributed by atoms with Crippen LogP contribution in [0, 0.1) is 0 Å². The van der Waals surface area contributed by atoms with Crippen LogP contribution in [0.1, 0.15) is 76.0 Å². The molecule has 4 aromatic carbocycles. The molecular formula is C32H37Br. The molecule has 0 atom stereocenters. The molecule has 33 heavy (non-hydrogen) atoms. The predicted molar refractivity (Wildman–Crippen MR) is 150 cm³/mol. The van der Waals surface area contributed by atoms with Crippen molar-refractivity contribution < 1.29 is 0 Å². The van der Waals surface area contributed by atoms with Crippen molar-refractivity contribution in [3.05, 3.63) is 81.8 Å². The van der Waals surface area contributed by atoms with Crippen molar-refractivity contribution in [1.29, 1.82) is 0 Å². The first-order valence-electron chi connectivity index (χ1n) is 12.9. The number of fused-ring (bicyclic) bond motifs is 2. The minimum absolute atomic E-state index is 1.17. The summed E-state index contributed by atoms with van der Waals surface area (Å²) in [6.45, 7) is 6.94. The number of hydrogen-bond donors (Lipinski definition) is 0. The molecule has 0 aromatic heterocycles. The molecule has 4 aromatic rings. The fraction of sp³-hybridized carbons (Fsp3) is 0.375. The Hall–Kier alpha value is -2.12. The predicted octanol–water partition coefficient (Wildman–Crippen LogP) is 10.5. The van der Waals surface area contributed by atoms with E-state index in [9.17, 15) is 0 Å². The van der Waals surface area contributed by atoms with E-state index in [1.165, 1.54) is 94.9 Å². The monoisotopic (exact) mass is 500 g/mol. The van der Waals surface area contributed by atoms with Gasteiger partial charge in [0.15, 0.2) is 0 Å². The van der Waals surface area contributed by atoms with Crippen molar-refractivity contribution in [3.63, 3.8) is 0 Å². The number of rotatable bonds is 10. The summed E-state index contributed by atoms with van der Waals surface area (Å²) in [5.74, 6) is 0. The van der Waals surface area contributed by atoms with Crippen LogP contribution in [-0.4, -0.2) is 0 Å². The van der Waals surface area contributed by atoms with Gasteiger partial charge in [0, 0.05) is 4.47 Å². The molecule has 172 valence electrons. The fourth-order valence-corrected chi connectivity index (χ4v) is 5.94. The molecule has 0 amide bonds. The summed E-state index contributed by atoms with van der Waals surface area (Å²) >= 11 is 3.94. The molecule has 1 heteroatoms. The van der Waals surface area contributed by atoms with Crippen LogP contribution in [0.2, 0.25) is 0 Å². The molecule has 0 bridgehead atoms. The van der Waals surface area contributed by atoms with Crippen molar-refractivity contribution in [2.45, 2.75) is 78.6 Å². The van der Waals surface area contributed by atoms with E-state index in [0.29, 0.717) is 0 Å². The molecule has 0 radical (unpaired) electrons. The molecule has 0 heterocycles. The standard InChI is InChI=1S/C32H37Br/c1-4-7-14-23-21-22-28(25(16-9-6-3)24(23)15-8-5-2)31-26-17-10-12-19-29(26)32(33)30-20-13-11-18-27(30)31/h10-13,17-22H,4-9,14-16H2,1-3H3. The van der Waals surface area contributed by atoms with Crippen molar-refractivity contribution in [2.24, 2.45) is 0 Å². The summed E-state index contributed by atoms with van der Waals surface area (Å²) in [6.07, 6.45) is 11.1. The Morgan fingerprint density at radius 2 is 1.03 bits per heavy atom. The molecule has 0 N–H and O–H groups in total. The van der Waals surface area contributed by atoms with E-state index >= 15 is 0 Å². The molecule has 0 saturated carbocycles. The van der Waals surface area contributed by atoms with Gasteiger partial charge in [0.25, 0.3) is 0 Å². The normalized spacial score (nSPS) is 11.5. The minimum atomic E-state index is 1.17. The quantitative estimate of drug-likeness (QED) is 0.190. The van der Waals surface area contributed by atoms with E-state index in [4.69, 9.17) is 0 Å². The van der Waals surface area contributed by atoms with Crippen molar-refractivity contribution in [2.75, 3.05) is 0 Å². The summed E-state index contributed by atoms with van der Waals surface area (Å²) in [5, 5.41) is 5.31. The van der Waals surface area contributed by atoms with Crippen molar-refractivity contribution in [3.8, 4) is 11.1 Å². The average Bonchev–Trinajstić information content (AvgIpc) is 2.86. The lowest BCUT2D eigenvalue weighted by Crippen LogP contribution is -2.05. The third-order valence-electron chi connectivity index (χ3n) is 7.02. The van der Waals surface area contributed by atoms with Crippen molar-refractivity contribution in [1.82, 2.24) is 0 Å². The molecule has 0 nitrogen and oxygen atoms in total. The maximum Gasteiger partial charge on any atom is 0.0332 e. The highest BCUT2D eigenvalue weighted by Crippen LogP contribution is 2.44. The van der Waals surface area contributed by atoms with E-state index in [0.717, 1.165) is 0 Å². The Morgan fingerprint density at radius 1 is 0.545 bits per heavy atom. The van der Waals surface area contributed by atoms with Crippen molar-refractivity contribution >= 4 is 37.5 Å². The zero-order valence-corrected chi connectivity index (χ0v) is 22.1. The van der Waals surface area contributed by atoms with Gasteiger partial charge < -0.3 is 0 Å². The Labute approximate surface area is 208 Å². The van der Waals surface area contributed by atoms with Crippen LogP contribution in [-0.2, 0) is 19.3 Å². The Bertz CT molecular complexity index is 1180. The van der Waals surface area contributed by atoms with E-state index in [1.807, 2.05) is 0 Å². The third kappa shape index (κ3) is 4.90. The maximum atomic E-state index is 3.94. The van der Waals surface area contributed by atoms with Crippen LogP contribution in [0.25, 0.3) is 32.7 Å². The van der Waals surface area contributed by atoms with Crippen LogP contribution >= 0.6 is 15.9 Å². The van der Waals surface area contributed by atoms with Crippen LogP contribution in [0.15, 0.2) is 65.1 Å². The van der Waals surface area contributed by atoms with Gasteiger partial charge in [0.05, 0.1) is 0 Å². The van der Waals surface area contributed by atoms with Crippen LogP contribution in [0.3, 0.4) is 0 Å². The second kappa shape index (κ2) is 11.3. The molecule has 0 unspecified atom stereocenters. The number of aryl methyl sites for hydroxylation is 1. The van der Waals surface area contributed by atoms with Gasteiger partial charge >= 0.3 is 0 Å². The Morgan fingerprint density at radius 3 is 1.58 bits per heavy atom. The molecule has 0 spiro atoms. The van der Waals surface area contributed by atoms with E-state index < -0.39 is 0 Å². The Kier molecular flexibility index (Phi) is 8.25. The zero-order valence-electron chi connectivity index (χ0n) is 20.5. The summed E-state index contributed by atoms with van der Waals surface area (Å²) in [7, 11) is 0. The van der Waals surface area contributed by atoms with E-state index in [2.05, 4.69) is 97.4 Å². The van der Waals surface area contributed by atoms with Gasteiger partial charge in [-0.15, -0.1) is 0 Å². The first-order valence-corrected chi connectivity index (χ1v) is 13.7. The van der Waals surface area contributed by atoms with E-state index in [1.54, 1.807) is 16.7 Å². The lowest BCUT2D eigenvalue weighted by atomic mass is 9.83. The second-order valence-electron chi connectivity index (χ2n) is 9.32. The molecule has 4 rings (SSSR count). The molecule has 0 saturated heterocycles. The number of halogens is 1. The zero-order chi connectivity index (χ0) is 23.2.